The smallest absolute Gasteiger partial charge is 0.270 e. The van der Waals surface area contributed by atoms with E-state index in [-0.39, 0.29) is 5.89 Å². The lowest BCUT2D eigenvalue weighted by atomic mass is 10.0. The van der Waals surface area contributed by atoms with Crippen LogP contribution in [0.2, 0.25) is 5.02 Å². The van der Waals surface area contributed by atoms with Gasteiger partial charge in [0.15, 0.2) is 5.71 Å². The minimum atomic E-state index is 0.274. The minimum Gasteiger partial charge on any atom is -0.489 e. The van der Waals surface area contributed by atoms with Crippen molar-refractivity contribution in [3.05, 3.63) is 77.0 Å². The molecule has 1 aromatic heterocycles. The molecule has 0 atom stereocenters. The molecule has 0 unspecified atom stereocenters. The van der Waals surface area contributed by atoms with E-state index in [1.54, 1.807) is 12.1 Å². The number of benzene rings is 2. The van der Waals surface area contributed by atoms with Gasteiger partial charge in [-0.3, -0.25) is 0 Å². The highest BCUT2D eigenvalue weighted by Crippen LogP contribution is 2.20. The topological polar surface area (TPSA) is 69.7 Å². The number of oxime groups is 1. The summed E-state index contributed by atoms with van der Waals surface area (Å²) in [5, 5.41) is 12.3. The van der Waals surface area contributed by atoms with Crippen molar-refractivity contribution in [2.45, 2.75) is 6.61 Å². The second-order valence-electron chi connectivity index (χ2n) is 4.77. The molecule has 0 aliphatic rings. The quantitative estimate of drug-likeness (QED) is 0.504. The molecule has 0 aliphatic carbocycles. The van der Waals surface area contributed by atoms with E-state index in [2.05, 4.69) is 15.4 Å². The van der Waals surface area contributed by atoms with Gasteiger partial charge in [0.2, 0.25) is 6.39 Å². The summed E-state index contributed by atoms with van der Waals surface area (Å²) in [6.07, 6.45) is 1.24. The average Bonchev–Trinajstić information content (AvgIpc) is 3.14. The van der Waals surface area contributed by atoms with E-state index >= 15 is 0 Å². The average molecular weight is 344 g/mol. The van der Waals surface area contributed by atoms with Crippen molar-refractivity contribution in [3.8, 4) is 5.75 Å². The Hall–Kier alpha value is -2.86. The lowest BCUT2D eigenvalue weighted by Crippen LogP contribution is -2.10. The molecule has 3 rings (SSSR count). The third-order valence-electron chi connectivity index (χ3n) is 3.23. The predicted molar refractivity (Wildman–Crippen MR) is 89.2 cm³/mol. The lowest BCUT2D eigenvalue weighted by molar-refractivity contribution is 0.213. The Labute approximate surface area is 143 Å². The molecular formula is C17H14ClN3O3. The van der Waals surface area contributed by atoms with Gasteiger partial charge in [0.05, 0.1) is 0 Å². The molecule has 122 valence electrons. The fourth-order valence-corrected chi connectivity index (χ4v) is 2.27. The van der Waals surface area contributed by atoms with E-state index in [9.17, 15) is 0 Å². The van der Waals surface area contributed by atoms with Gasteiger partial charge in [-0.1, -0.05) is 41.0 Å². The molecule has 3 aromatic rings. The van der Waals surface area contributed by atoms with Crippen molar-refractivity contribution in [2.24, 2.45) is 5.16 Å². The summed E-state index contributed by atoms with van der Waals surface area (Å²) in [7, 11) is 1.46. The fraction of sp³-hybridized carbons (Fsp3) is 0.118. The number of nitrogens with zero attached hydrogens (tertiary/aromatic N) is 3. The second-order valence-corrected chi connectivity index (χ2v) is 5.20. The Bertz CT molecular complexity index is 817. The first-order valence-electron chi connectivity index (χ1n) is 7.12. The zero-order chi connectivity index (χ0) is 16.8. The molecule has 6 nitrogen and oxygen atoms in total. The molecule has 0 fully saturated rings. The fourth-order valence-electron chi connectivity index (χ4n) is 2.14. The molecule has 1 heterocycles. The Morgan fingerprint density at radius 3 is 2.67 bits per heavy atom. The van der Waals surface area contributed by atoms with Gasteiger partial charge in [-0.25, -0.2) is 0 Å². The van der Waals surface area contributed by atoms with Gasteiger partial charge in [-0.15, -0.1) is 10.2 Å². The SMILES string of the molecule is CO/N=C(\c1nnco1)c1ccccc1COc1ccc(Cl)cc1. The van der Waals surface area contributed by atoms with Crippen LogP contribution in [0.25, 0.3) is 0 Å². The Balaban J connectivity index is 1.87. The Morgan fingerprint density at radius 2 is 1.96 bits per heavy atom. The molecule has 7 heteroatoms. The molecule has 24 heavy (non-hydrogen) atoms. The van der Waals surface area contributed by atoms with Crippen molar-refractivity contribution in [3.63, 3.8) is 0 Å². The highest BCUT2D eigenvalue weighted by molar-refractivity contribution is 6.30. The van der Waals surface area contributed by atoms with Crippen molar-refractivity contribution in [2.75, 3.05) is 7.11 Å². The monoisotopic (exact) mass is 343 g/mol. The van der Waals surface area contributed by atoms with Crippen LogP contribution in [0.1, 0.15) is 17.0 Å². The van der Waals surface area contributed by atoms with Gasteiger partial charge < -0.3 is 14.0 Å². The van der Waals surface area contributed by atoms with Crippen LogP contribution in [-0.4, -0.2) is 23.0 Å². The number of hydrogen-bond donors (Lipinski definition) is 0. The van der Waals surface area contributed by atoms with E-state index in [4.69, 9.17) is 25.6 Å². The van der Waals surface area contributed by atoms with Crippen LogP contribution in [0.4, 0.5) is 0 Å². The van der Waals surface area contributed by atoms with E-state index in [0.717, 1.165) is 16.9 Å². The molecule has 0 radical (unpaired) electrons. The first kappa shape index (κ1) is 16.0. The first-order chi connectivity index (χ1) is 11.8. The van der Waals surface area contributed by atoms with E-state index < -0.39 is 0 Å². The molecule has 0 spiro atoms. The van der Waals surface area contributed by atoms with Gasteiger partial charge in [-0.2, -0.15) is 0 Å². The Morgan fingerprint density at radius 1 is 1.17 bits per heavy atom. The number of rotatable bonds is 6. The zero-order valence-corrected chi connectivity index (χ0v) is 13.6. The lowest BCUT2D eigenvalue weighted by Gasteiger charge is -2.11. The van der Waals surface area contributed by atoms with Gasteiger partial charge in [0.1, 0.15) is 19.5 Å². The minimum absolute atomic E-state index is 0.274. The number of halogens is 1. The maximum absolute atomic E-state index is 5.88. The molecule has 0 amide bonds. The number of aromatic nitrogens is 2. The maximum atomic E-state index is 5.88. The molecule has 0 saturated heterocycles. The van der Waals surface area contributed by atoms with Crippen LogP contribution < -0.4 is 4.74 Å². The van der Waals surface area contributed by atoms with Crippen molar-refractivity contribution < 1.29 is 14.0 Å². The summed E-state index contributed by atoms with van der Waals surface area (Å²) in [5.41, 5.74) is 2.14. The van der Waals surface area contributed by atoms with Crippen molar-refractivity contribution in [1.82, 2.24) is 10.2 Å². The highest BCUT2D eigenvalue weighted by atomic mass is 35.5. The van der Waals surface area contributed by atoms with Crippen LogP contribution in [0, 0.1) is 0 Å². The summed E-state index contributed by atoms with van der Waals surface area (Å²) in [6, 6.07) is 14.8. The molecule has 0 N–H and O–H groups in total. The standard InChI is InChI=1S/C17H14ClN3O3/c1-22-21-16(17-20-19-11-24-17)15-5-3-2-4-12(15)10-23-14-8-6-13(18)7-9-14/h2-9,11H,10H2,1H3/b21-16-. The van der Waals surface area contributed by atoms with Gasteiger partial charge >= 0.3 is 0 Å². The second kappa shape index (κ2) is 7.61. The van der Waals surface area contributed by atoms with Gasteiger partial charge in [0.25, 0.3) is 5.89 Å². The molecular weight excluding hydrogens is 330 g/mol. The third kappa shape index (κ3) is 3.72. The van der Waals surface area contributed by atoms with Crippen LogP contribution in [0.3, 0.4) is 0 Å². The maximum Gasteiger partial charge on any atom is 0.270 e. The van der Waals surface area contributed by atoms with Crippen LogP contribution in [0.15, 0.2) is 64.5 Å². The molecule has 0 bridgehead atoms. The zero-order valence-electron chi connectivity index (χ0n) is 12.8. The molecule has 2 aromatic carbocycles. The number of ether oxygens (including phenoxy) is 1. The first-order valence-corrected chi connectivity index (χ1v) is 7.50. The van der Waals surface area contributed by atoms with Gasteiger partial charge in [0, 0.05) is 10.6 Å². The summed E-state index contributed by atoms with van der Waals surface area (Å²) in [5.74, 6) is 0.994. The number of hydrogen-bond acceptors (Lipinski definition) is 6. The van der Waals surface area contributed by atoms with Crippen molar-refractivity contribution >= 4 is 17.3 Å². The van der Waals surface area contributed by atoms with E-state index in [1.165, 1.54) is 13.5 Å². The highest BCUT2D eigenvalue weighted by Gasteiger charge is 2.17. The van der Waals surface area contributed by atoms with Crippen LogP contribution >= 0.6 is 11.6 Å². The predicted octanol–water partition coefficient (Wildman–Crippen LogP) is 3.70. The largest absolute Gasteiger partial charge is 0.489 e. The van der Waals surface area contributed by atoms with E-state index in [0.29, 0.717) is 17.3 Å². The van der Waals surface area contributed by atoms with Gasteiger partial charge in [-0.05, 0) is 29.8 Å². The van der Waals surface area contributed by atoms with E-state index in [1.807, 2.05) is 36.4 Å². The molecule has 0 aliphatic heterocycles. The van der Waals surface area contributed by atoms with Crippen LogP contribution in [0.5, 0.6) is 5.75 Å². The Kier molecular flexibility index (Phi) is 5.08. The normalized spacial score (nSPS) is 11.3. The molecule has 0 saturated carbocycles. The summed E-state index contributed by atoms with van der Waals surface area (Å²) in [4.78, 5) is 4.92. The van der Waals surface area contributed by atoms with Crippen molar-refractivity contribution in [1.29, 1.82) is 0 Å². The third-order valence-corrected chi connectivity index (χ3v) is 3.48. The summed E-state index contributed by atoms with van der Waals surface area (Å²) >= 11 is 5.88. The summed E-state index contributed by atoms with van der Waals surface area (Å²) in [6.45, 7) is 0.342. The van der Waals surface area contributed by atoms with Crippen LogP contribution in [-0.2, 0) is 11.4 Å². The summed E-state index contributed by atoms with van der Waals surface area (Å²) < 4.78 is 11.1.